The summed E-state index contributed by atoms with van der Waals surface area (Å²) in [6.07, 6.45) is 5.52. The maximum Gasteiger partial charge on any atom is 0.0612 e. The highest BCUT2D eigenvalue weighted by Gasteiger charge is 1.87. The fourth-order valence-corrected chi connectivity index (χ4v) is 0.624. The van der Waals surface area contributed by atoms with E-state index < -0.39 is 0 Å². The first-order valence-corrected chi connectivity index (χ1v) is 3.36. The van der Waals surface area contributed by atoms with E-state index in [0.29, 0.717) is 0 Å². The van der Waals surface area contributed by atoms with Crippen molar-refractivity contribution in [3.63, 3.8) is 0 Å². The number of rotatable bonds is 5. The fraction of sp³-hybridized carbons (Fsp3) is 0.500. The lowest BCUT2D eigenvalue weighted by Crippen LogP contribution is -2.17. The Bertz CT molecular complexity index is 110. The van der Waals surface area contributed by atoms with Crippen molar-refractivity contribution >= 4 is 0 Å². The SMILES string of the molecule is C=CCN(C)C/C=C/CO. The zero-order chi connectivity index (χ0) is 7.82. The molecule has 0 aromatic rings. The van der Waals surface area contributed by atoms with Crippen molar-refractivity contribution in [2.75, 3.05) is 26.7 Å². The van der Waals surface area contributed by atoms with E-state index in [9.17, 15) is 0 Å². The first kappa shape index (κ1) is 9.40. The minimum atomic E-state index is 0.127. The maximum absolute atomic E-state index is 8.38. The Morgan fingerprint density at radius 1 is 1.40 bits per heavy atom. The van der Waals surface area contributed by atoms with Crippen LogP contribution in [0.3, 0.4) is 0 Å². The van der Waals surface area contributed by atoms with Gasteiger partial charge in [-0.25, -0.2) is 0 Å². The van der Waals surface area contributed by atoms with Gasteiger partial charge in [0, 0.05) is 13.1 Å². The van der Waals surface area contributed by atoms with Gasteiger partial charge >= 0.3 is 0 Å². The molecule has 0 aromatic heterocycles. The highest BCUT2D eigenvalue weighted by atomic mass is 16.2. The third-order valence-corrected chi connectivity index (χ3v) is 1.13. The minimum Gasteiger partial charge on any atom is -0.392 e. The van der Waals surface area contributed by atoms with Crippen molar-refractivity contribution < 1.29 is 5.11 Å². The summed E-state index contributed by atoms with van der Waals surface area (Å²) in [4.78, 5) is 2.10. The monoisotopic (exact) mass is 141 g/mol. The molecule has 0 aliphatic rings. The Labute approximate surface area is 62.5 Å². The van der Waals surface area contributed by atoms with Crippen molar-refractivity contribution in [2.24, 2.45) is 0 Å². The van der Waals surface area contributed by atoms with Crippen molar-refractivity contribution in [3.8, 4) is 0 Å². The smallest absolute Gasteiger partial charge is 0.0612 e. The molecule has 0 atom stereocenters. The predicted molar refractivity (Wildman–Crippen MR) is 43.9 cm³/mol. The molecule has 58 valence electrons. The van der Waals surface area contributed by atoms with Gasteiger partial charge in [-0.3, -0.25) is 4.90 Å². The summed E-state index contributed by atoms with van der Waals surface area (Å²) in [5.74, 6) is 0. The van der Waals surface area contributed by atoms with Crippen LogP contribution in [0.1, 0.15) is 0 Å². The van der Waals surface area contributed by atoms with Gasteiger partial charge in [0.1, 0.15) is 0 Å². The number of nitrogens with zero attached hydrogens (tertiary/aromatic N) is 1. The van der Waals surface area contributed by atoms with Gasteiger partial charge in [-0.05, 0) is 7.05 Å². The summed E-state index contributed by atoms with van der Waals surface area (Å²) in [5, 5.41) is 8.38. The third kappa shape index (κ3) is 5.54. The van der Waals surface area contributed by atoms with E-state index in [1.54, 1.807) is 6.08 Å². The van der Waals surface area contributed by atoms with Crippen LogP contribution in [0.4, 0.5) is 0 Å². The van der Waals surface area contributed by atoms with E-state index in [4.69, 9.17) is 5.11 Å². The molecule has 0 spiro atoms. The Morgan fingerprint density at radius 2 is 2.10 bits per heavy atom. The standard InChI is InChI=1S/C8H15NO/c1-3-6-9(2)7-4-5-8-10/h3-5,10H,1,6-8H2,2H3/b5-4+. The Morgan fingerprint density at radius 3 is 2.60 bits per heavy atom. The van der Waals surface area contributed by atoms with Crippen LogP contribution in [0.5, 0.6) is 0 Å². The lowest BCUT2D eigenvalue weighted by atomic mass is 10.4. The van der Waals surface area contributed by atoms with Crippen LogP contribution in [0.2, 0.25) is 0 Å². The Balaban J connectivity index is 3.28. The fourth-order valence-electron chi connectivity index (χ4n) is 0.624. The van der Waals surface area contributed by atoms with E-state index in [1.807, 2.05) is 19.2 Å². The number of hydrogen-bond donors (Lipinski definition) is 1. The number of aliphatic hydroxyl groups excluding tert-OH is 1. The first-order valence-electron chi connectivity index (χ1n) is 3.36. The number of hydrogen-bond acceptors (Lipinski definition) is 2. The van der Waals surface area contributed by atoms with Gasteiger partial charge in [-0.15, -0.1) is 6.58 Å². The van der Waals surface area contributed by atoms with E-state index in [0.717, 1.165) is 13.1 Å². The summed E-state index contributed by atoms with van der Waals surface area (Å²) >= 11 is 0. The number of likely N-dealkylation sites (N-methyl/N-ethyl adjacent to an activating group) is 1. The van der Waals surface area contributed by atoms with Crippen LogP contribution >= 0.6 is 0 Å². The molecule has 0 saturated heterocycles. The molecule has 1 N–H and O–H groups in total. The maximum atomic E-state index is 8.38. The van der Waals surface area contributed by atoms with Gasteiger partial charge in [0.15, 0.2) is 0 Å². The molecule has 2 nitrogen and oxygen atoms in total. The summed E-state index contributed by atoms with van der Waals surface area (Å²) in [6.45, 7) is 5.49. The lowest BCUT2D eigenvalue weighted by molar-refractivity contribution is 0.341. The van der Waals surface area contributed by atoms with Crippen LogP contribution in [0.15, 0.2) is 24.8 Å². The average Bonchev–Trinajstić information content (AvgIpc) is 1.89. The van der Waals surface area contributed by atoms with Gasteiger partial charge in [0.2, 0.25) is 0 Å². The second-order valence-corrected chi connectivity index (χ2v) is 2.16. The molecule has 2 heteroatoms. The molecule has 0 fully saturated rings. The average molecular weight is 141 g/mol. The van der Waals surface area contributed by atoms with Gasteiger partial charge in [0.05, 0.1) is 6.61 Å². The van der Waals surface area contributed by atoms with E-state index in [-0.39, 0.29) is 6.61 Å². The second-order valence-electron chi connectivity index (χ2n) is 2.16. The molecule has 0 aliphatic carbocycles. The summed E-state index contributed by atoms with van der Waals surface area (Å²) in [5.41, 5.74) is 0. The third-order valence-electron chi connectivity index (χ3n) is 1.13. The lowest BCUT2D eigenvalue weighted by Gasteiger charge is -2.09. The molecule has 0 unspecified atom stereocenters. The van der Waals surface area contributed by atoms with Crippen molar-refractivity contribution in [2.45, 2.75) is 0 Å². The van der Waals surface area contributed by atoms with Gasteiger partial charge in [-0.2, -0.15) is 0 Å². The number of aliphatic hydroxyl groups is 1. The summed E-state index contributed by atoms with van der Waals surface area (Å²) in [6, 6.07) is 0. The first-order chi connectivity index (χ1) is 4.81. The van der Waals surface area contributed by atoms with Gasteiger partial charge in [-0.1, -0.05) is 18.2 Å². The van der Waals surface area contributed by atoms with Crippen LogP contribution in [-0.4, -0.2) is 36.8 Å². The van der Waals surface area contributed by atoms with Gasteiger partial charge in [0.25, 0.3) is 0 Å². The largest absolute Gasteiger partial charge is 0.392 e. The van der Waals surface area contributed by atoms with Crippen LogP contribution < -0.4 is 0 Å². The highest BCUT2D eigenvalue weighted by Crippen LogP contribution is 1.82. The van der Waals surface area contributed by atoms with Crippen molar-refractivity contribution in [1.82, 2.24) is 4.90 Å². The highest BCUT2D eigenvalue weighted by molar-refractivity contribution is 4.85. The second kappa shape index (κ2) is 6.52. The Hall–Kier alpha value is -0.600. The van der Waals surface area contributed by atoms with Crippen LogP contribution in [0, 0.1) is 0 Å². The summed E-state index contributed by atoms with van der Waals surface area (Å²) < 4.78 is 0. The molecular formula is C8H15NO. The topological polar surface area (TPSA) is 23.5 Å². The molecule has 10 heavy (non-hydrogen) atoms. The molecule has 0 bridgehead atoms. The molecule has 0 saturated carbocycles. The normalized spacial score (nSPS) is 11.1. The molecular weight excluding hydrogens is 126 g/mol. The zero-order valence-corrected chi connectivity index (χ0v) is 6.45. The molecule has 0 heterocycles. The summed E-state index contributed by atoms with van der Waals surface area (Å²) in [7, 11) is 2.00. The van der Waals surface area contributed by atoms with E-state index in [2.05, 4.69) is 11.5 Å². The van der Waals surface area contributed by atoms with E-state index in [1.165, 1.54) is 0 Å². The van der Waals surface area contributed by atoms with Crippen molar-refractivity contribution in [3.05, 3.63) is 24.8 Å². The molecule has 0 amide bonds. The zero-order valence-electron chi connectivity index (χ0n) is 6.45. The quantitative estimate of drug-likeness (QED) is 0.568. The van der Waals surface area contributed by atoms with Gasteiger partial charge < -0.3 is 5.11 Å². The van der Waals surface area contributed by atoms with Crippen LogP contribution in [-0.2, 0) is 0 Å². The molecule has 0 aromatic carbocycles. The minimum absolute atomic E-state index is 0.127. The van der Waals surface area contributed by atoms with Crippen LogP contribution in [0.25, 0.3) is 0 Å². The molecule has 0 radical (unpaired) electrons. The Kier molecular flexibility index (Phi) is 6.13. The predicted octanol–water partition coefficient (Wildman–Crippen LogP) is 0.653. The molecule has 0 rings (SSSR count). The van der Waals surface area contributed by atoms with Crippen molar-refractivity contribution in [1.29, 1.82) is 0 Å². The van der Waals surface area contributed by atoms with E-state index >= 15 is 0 Å². The molecule has 0 aliphatic heterocycles.